The van der Waals surface area contributed by atoms with Gasteiger partial charge in [-0.15, -0.1) is 0 Å². The van der Waals surface area contributed by atoms with Crippen LogP contribution in [0.25, 0.3) is 11.0 Å². The largest absolute Gasteiger partial charge is 0.331 e. The predicted molar refractivity (Wildman–Crippen MR) is 124 cm³/mol. The number of carbonyl (C=O) groups excluding carboxylic acids is 1. The van der Waals surface area contributed by atoms with Crippen molar-refractivity contribution in [1.29, 1.82) is 5.26 Å². The lowest BCUT2D eigenvalue weighted by atomic mass is 10.1. The molecule has 1 N–H and O–H groups in total. The van der Waals surface area contributed by atoms with Gasteiger partial charge in [0.1, 0.15) is 5.82 Å². The summed E-state index contributed by atoms with van der Waals surface area (Å²) in [7, 11) is -1.71. The third-order valence-electron chi connectivity index (χ3n) is 5.38. The van der Waals surface area contributed by atoms with E-state index >= 15 is 0 Å². The number of benzene rings is 2. The zero-order chi connectivity index (χ0) is 23.3. The van der Waals surface area contributed by atoms with Crippen molar-refractivity contribution in [3.05, 3.63) is 53.9 Å². The normalized spacial score (nSPS) is 11.6. The van der Waals surface area contributed by atoms with Crippen LogP contribution in [-0.2, 0) is 34.7 Å². The summed E-state index contributed by atoms with van der Waals surface area (Å²) in [6.07, 6.45) is 0.988. The standard InChI is InChI=1S/C23H27N5O3S/c1-4-28(5-2)32(30,31)19-10-11-21-20(16-19)26-22(27(21)3)12-13-23(29)25-18-8-6-17(7-9-18)14-15-24/h6-11,16H,4-5,12-14H2,1-3H3,(H,25,29). The van der Waals surface area contributed by atoms with E-state index in [0.717, 1.165) is 11.1 Å². The minimum absolute atomic E-state index is 0.144. The molecular formula is C23H27N5O3S. The van der Waals surface area contributed by atoms with Crippen LogP contribution in [0.4, 0.5) is 5.69 Å². The van der Waals surface area contributed by atoms with E-state index in [1.54, 1.807) is 30.3 Å². The molecule has 0 aliphatic carbocycles. The summed E-state index contributed by atoms with van der Waals surface area (Å²) in [5.74, 6) is 0.562. The Labute approximate surface area is 188 Å². The molecule has 1 amide bonds. The second-order valence-corrected chi connectivity index (χ2v) is 9.34. The molecule has 0 spiro atoms. The molecule has 0 radical (unpaired) electrons. The number of hydrogen-bond acceptors (Lipinski definition) is 5. The van der Waals surface area contributed by atoms with Crippen molar-refractivity contribution < 1.29 is 13.2 Å². The fraction of sp³-hybridized carbons (Fsp3) is 0.348. The van der Waals surface area contributed by atoms with E-state index in [-0.39, 0.29) is 17.2 Å². The lowest BCUT2D eigenvalue weighted by molar-refractivity contribution is -0.116. The van der Waals surface area contributed by atoms with Crippen molar-refractivity contribution in [3.8, 4) is 6.07 Å². The molecule has 0 bridgehead atoms. The van der Waals surface area contributed by atoms with Crippen molar-refractivity contribution in [3.63, 3.8) is 0 Å². The van der Waals surface area contributed by atoms with Gasteiger partial charge >= 0.3 is 0 Å². The fourth-order valence-electron chi connectivity index (χ4n) is 3.57. The molecule has 0 unspecified atom stereocenters. The Morgan fingerprint density at radius 1 is 1.16 bits per heavy atom. The van der Waals surface area contributed by atoms with Gasteiger partial charge in [0.2, 0.25) is 15.9 Å². The zero-order valence-corrected chi connectivity index (χ0v) is 19.3. The van der Waals surface area contributed by atoms with Gasteiger partial charge in [-0.1, -0.05) is 26.0 Å². The molecule has 168 valence electrons. The van der Waals surface area contributed by atoms with E-state index < -0.39 is 10.0 Å². The molecule has 0 fully saturated rings. The Hall–Kier alpha value is -3.22. The Bertz CT molecular complexity index is 1250. The van der Waals surface area contributed by atoms with Crippen molar-refractivity contribution in [2.75, 3.05) is 18.4 Å². The Balaban J connectivity index is 1.72. The second kappa shape index (κ2) is 9.94. The number of imidazole rings is 1. The third-order valence-corrected chi connectivity index (χ3v) is 7.43. The first kappa shape index (κ1) is 23.4. The molecule has 32 heavy (non-hydrogen) atoms. The van der Waals surface area contributed by atoms with E-state index in [0.29, 0.717) is 43.0 Å². The SMILES string of the molecule is CCN(CC)S(=O)(=O)c1ccc2c(c1)nc(CCC(=O)Nc1ccc(CC#N)cc1)n2C. The molecular weight excluding hydrogens is 426 g/mol. The molecule has 0 atom stereocenters. The van der Waals surface area contributed by atoms with Gasteiger partial charge in [-0.25, -0.2) is 13.4 Å². The molecule has 2 aromatic carbocycles. The maximum atomic E-state index is 12.8. The van der Waals surface area contributed by atoms with Crippen LogP contribution in [0.2, 0.25) is 0 Å². The first-order valence-corrected chi connectivity index (χ1v) is 11.9. The fourth-order valence-corrected chi connectivity index (χ4v) is 5.05. The summed E-state index contributed by atoms with van der Waals surface area (Å²) < 4.78 is 28.9. The molecule has 0 saturated carbocycles. The van der Waals surface area contributed by atoms with Crippen LogP contribution in [0, 0.1) is 11.3 Å². The van der Waals surface area contributed by atoms with Gasteiger partial charge in [-0.3, -0.25) is 4.79 Å². The highest BCUT2D eigenvalue weighted by atomic mass is 32.2. The van der Waals surface area contributed by atoms with Crippen molar-refractivity contribution in [2.45, 2.75) is 38.0 Å². The highest BCUT2D eigenvalue weighted by molar-refractivity contribution is 7.89. The number of anilines is 1. The molecule has 0 saturated heterocycles. The maximum Gasteiger partial charge on any atom is 0.243 e. The van der Waals surface area contributed by atoms with Gasteiger partial charge in [-0.2, -0.15) is 9.57 Å². The molecule has 8 nitrogen and oxygen atoms in total. The van der Waals surface area contributed by atoms with E-state index in [4.69, 9.17) is 5.26 Å². The number of sulfonamides is 1. The number of nitrogens with one attached hydrogen (secondary N) is 1. The first-order chi connectivity index (χ1) is 15.3. The Morgan fingerprint density at radius 2 is 1.84 bits per heavy atom. The third kappa shape index (κ3) is 4.98. The van der Waals surface area contributed by atoms with Crippen LogP contribution in [-0.4, -0.2) is 41.3 Å². The van der Waals surface area contributed by atoms with Gasteiger partial charge in [-0.05, 0) is 35.9 Å². The minimum Gasteiger partial charge on any atom is -0.331 e. The van der Waals surface area contributed by atoms with Crippen LogP contribution in [0.3, 0.4) is 0 Å². The number of amides is 1. The van der Waals surface area contributed by atoms with Crippen LogP contribution < -0.4 is 5.32 Å². The molecule has 3 aromatic rings. The molecule has 0 aliphatic heterocycles. The van der Waals surface area contributed by atoms with E-state index in [1.165, 1.54) is 4.31 Å². The zero-order valence-electron chi connectivity index (χ0n) is 18.5. The number of nitrogens with zero attached hydrogens (tertiary/aromatic N) is 4. The van der Waals surface area contributed by atoms with Gasteiger partial charge in [0.05, 0.1) is 28.4 Å². The number of rotatable bonds is 9. The predicted octanol–water partition coefficient (Wildman–Crippen LogP) is 3.24. The first-order valence-electron chi connectivity index (χ1n) is 10.5. The molecule has 3 rings (SSSR count). The second-order valence-electron chi connectivity index (χ2n) is 7.41. The number of aromatic nitrogens is 2. The van der Waals surface area contributed by atoms with Gasteiger partial charge in [0.15, 0.2) is 0 Å². The summed E-state index contributed by atoms with van der Waals surface area (Å²) in [5.41, 5.74) is 2.97. The topological polar surface area (TPSA) is 108 Å². The average molecular weight is 454 g/mol. The molecule has 1 heterocycles. The van der Waals surface area contributed by atoms with Crippen molar-refractivity contribution in [2.24, 2.45) is 7.05 Å². The average Bonchev–Trinajstić information content (AvgIpc) is 3.09. The highest BCUT2D eigenvalue weighted by Gasteiger charge is 2.22. The smallest absolute Gasteiger partial charge is 0.243 e. The number of aryl methyl sites for hydroxylation is 2. The van der Waals surface area contributed by atoms with Crippen molar-refractivity contribution in [1.82, 2.24) is 13.9 Å². The van der Waals surface area contributed by atoms with Gasteiger partial charge in [0, 0.05) is 38.7 Å². The summed E-state index contributed by atoms with van der Waals surface area (Å²) in [6, 6.07) is 14.2. The monoisotopic (exact) mass is 453 g/mol. The minimum atomic E-state index is -3.56. The number of nitriles is 1. The lowest BCUT2D eigenvalue weighted by Gasteiger charge is -2.18. The summed E-state index contributed by atoms with van der Waals surface area (Å²) in [6.45, 7) is 4.43. The van der Waals surface area contributed by atoms with Crippen LogP contribution >= 0.6 is 0 Å². The van der Waals surface area contributed by atoms with Crippen molar-refractivity contribution >= 4 is 32.7 Å². The van der Waals surface area contributed by atoms with Gasteiger partial charge < -0.3 is 9.88 Å². The van der Waals surface area contributed by atoms with E-state index in [2.05, 4.69) is 16.4 Å². The van der Waals surface area contributed by atoms with E-state index in [9.17, 15) is 13.2 Å². The Kier molecular flexibility index (Phi) is 7.28. The summed E-state index contributed by atoms with van der Waals surface area (Å²) in [4.78, 5) is 17.2. The van der Waals surface area contributed by atoms with E-state index in [1.807, 2.05) is 37.6 Å². The maximum absolute atomic E-state index is 12.8. The quantitative estimate of drug-likeness (QED) is 0.535. The van der Waals surface area contributed by atoms with Crippen LogP contribution in [0.5, 0.6) is 0 Å². The molecule has 1 aromatic heterocycles. The highest BCUT2D eigenvalue weighted by Crippen LogP contribution is 2.23. The van der Waals surface area contributed by atoms with Gasteiger partial charge in [0.25, 0.3) is 0 Å². The van der Waals surface area contributed by atoms with Crippen LogP contribution in [0.1, 0.15) is 31.7 Å². The van der Waals surface area contributed by atoms with Crippen LogP contribution in [0.15, 0.2) is 47.4 Å². The Morgan fingerprint density at radius 3 is 2.47 bits per heavy atom. The number of hydrogen-bond donors (Lipinski definition) is 1. The lowest BCUT2D eigenvalue weighted by Crippen LogP contribution is -2.30. The molecule has 0 aliphatic rings. The number of carbonyl (C=O) groups is 1. The summed E-state index contributed by atoms with van der Waals surface area (Å²) >= 11 is 0. The number of fused-ring (bicyclic) bond motifs is 1. The molecule has 9 heteroatoms. The summed E-state index contributed by atoms with van der Waals surface area (Å²) in [5, 5.41) is 11.6.